The van der Waals surface area contributed by atoms with Crippen LogP contribution in [0.3, 0.4) is 0 Å². The molecule has 19 heavy (non-hydrogen) atoms. The molecule has 0 spiro atoms. The number of urea groups is 1. The van der Waals surface area contributed by atoms with Gasteiger partial charge in [0.25, 0.3) is 0 Å². The monoisotopic (exact) mass is 323 g/mol. The summed E-state index contributed by atoms with van der Waals surface area (Å²) in [6, 6.07) is 4.15. The summed E-state index contributed by atoms with van der Waals surface area (Å²) in [5.41, 5.74) is 8.74. The number of nitrogens with two attached hydrogens (primary N) is 1. The van der Waals surface area contributed by atoms with Gasteiger partial charge in [0.2, 0.25) is 5.91 Å². The average Bonchev–Trinajstić information content (AvgIpc) is 2.34. The van der Waals surface area contributed by atoms with Crippen LogP contribution in [0.25, 0.3) is 11.0 Å². The van der Waals surface area contributed by atoms with E-state index in [0.717, 1.165) is 9.48 Å². The molecule has 0 radical (unpaired) electrons. The topological polar surface area (TPSA) is 101 Å². The molecular formula is C11H10BrN5O2. The van der Waals surface area contributed by atoms with Crippen LogP contribution in [0.2, 0.25) is 0 Å². The molecule has 0 fully saturated rings. The van der Waals surface area contributed by atoms with Crippen molar-refractivity contribution in [3.05, 3.63) is 28.9 Å². The number of hydrogen-bond acceptors (Lipinski definition) is 4. The lowest BCUT2D eigenvalue weighted by Gasteiger charge is -2.19. The molecule has 7 nitrogen and oxygen atoms in total. The first kappa shape index (κ1) is 13.2. The van der Waals surface area contributed by atoms with Crippen molar-refractivity contribution in [1.29, 1.82) is 0 Å². The minimum Gasteiger partial charge on any atom is -0.350 e. The minimum absolute atomic E-state index is 0.218. The Kier molecular flexibility index (Phi) is 3.61. The smallest absolute Gasteiger partial charge is 0.339 e. The number of hydrogen-bond donors (Lipinski definition) is 2. The number of primary amides is 1. The molecule has 0 atom stereocenters. The van der Waals surface area contributed by atoms with Crippen molar-refractivity contribution >= 4 is 44.7 Å². The number of rotatable bonds is 1. The number of carbonyl (C=O) groups is 2. The number of halogens is 1. The van der Waals surface area contributed by atoms with Crippen molar-refractivity contribution in [2.24, 2.45) is 5.73 Å². The highest BCUT2D eigenvalue weighted by molar-refractivity contribution is 9.10. The molecule has 0 aliphatic heterocycles. The van der Waals surface area contributed by atoms with Crippen LogP contribution in [0, 0.1) is 0 Å². The van der Waals surface area contributed by atoms with Crippen LogP contribution in [-0.2, 0) is 4.79 Å². The summed E-state index contributed by atoms with van der Waals surface area (Å²) in [4.78, 5) is 30.7. The largest absolute Gasteiger partial charge is 0.350 e. The zero-order chi connectivity index (χ0) is 14.0. The molecule has 3 N–H and O–H groups in total. The first-order valence-corrected chi connectivity index (χ1v) is 6.06. The molecule has 0 aromatic carbocycles. The standard InChI is InChI=1S/C11H10BrN5O2/c1-6(18)16-17(11(13)19)10-3-2-8-9(15-10)4-7(12)5-14-8/h2-5H,1H3,(H2,13,19)(H,16,18). The van der Waals surface area contributed by atoms with Crippen molar-refractivity contribution in [1.82, 2.24) is 15.4 Å². The van der Waals surface area contributed by atoms with Crippen LogP contribution < -0.4 is 16.2 Å². The molecule has 8 heteroatoms. The molecule has 0 saturated carbocycles. The molecule has 0 saturated heterocycles. The van der Waals surface area contributed by atoms with E-state index in [2.05, 4.69) is 31.3 Å². The van der Waals surface area contributed by atoms with Crippen molar-refractivity contribution in [3.63, 3.8) is 0 Å². The highest BCUT2D eigenvalue weighted by atomic mass is 79.9. The lowest BCUT2D eigenvalue weighted by molar-refractivity contribution is -0.119. The van der Waals surface area contributed by atoms with E-state index >= 15 is 0 Å². The number of hydrazine groups is 1. The second-order valence-electron chi connectivity index (χ2n) is 3.70. The lowest BCUT2D eigenvalue weighted by Crippen LogP contribution is -2.48. The van der Waals surface area contributed by atoms with E-state index in [9.17, 15) is 9.59 Å². The summed E-state index contributed by atoms with van der Waals surface area (Å²) in [6.45, 7) is 1.27. The maximum atomic E-state index is 11.3. The Labute approximate surface area is 116 Å². The van der Waals surface area contributed by atoms with Crippen LogP contribution in [0.4, 0.5) is 10.6 Å². The van der Waals surface area contributed by atoms with Gasteiger partial charge < -0.3 is 5.73 Å². The molecule has 0 bridgehead atoms. The Morgan fingerprint density at radius 2 is 2.11 bits per heavy atom. The number of amides is 3. The van der Waals surface area contributed by atoms with Crippen molar-refractivity contribution in [2.45, 2.75) is 6.92 Å². The zero-order valence-corrected chi connectivity index (χ0v) is 11.5. The van der Waals surface area contributed by atoms with E-state index in [1.54, 1.807) is 24.4 Å². The minimum atomic E-state index is -0.829. The van der Waals surface area contributed by atoms with Crippen molar-refractivity contribution in [2.75, 3.05) is 5.01 Å². The molecule has 0 aliphatic carbocycles. The number of nitrogens with one attached hydrogen (secondary N) is 1. The molecule has 0 aliphatic rings. The number of nitrogens with zero attached hydrogens (tertiary/aromatic N) is 3. The zero-order valence-electron chi connectivity index (χ0n) is 9.92. The SMILES string of the molecule is CC(=O)NN(C(N)=O)c1ccc2ncc(Br)cc2n1. The van der Waals surface area contributed by atoms with Gasteiger partial charge in [0.15, 0.2) is 5.82 Å². The third kappa shape index (κ3) is 2.97. The van der Waals surface area contributed by atoms with Gasteiger partial charge in [-0.2, -0.15) is 5.01 Å². The summed E-state index contributed by atoms with van der Waals surface area (Å²) < 4.78 is 0.759. The number of carbonyl (C=O) groups excluding carboxylic acids is 2. The lowest BCUT2D eigenvalue weighted by atomic mass is 10.3. The first-order valence-electron chi connectivity index (χ1n) is 5.26. The fourth-order valence-electron chi connectivity index (χ4n) is 1.48. The Morgan fingerprint density at radius 3 is 2.74 bits per heavy atom. The summed E-state index contributed by atoms with van der Waals surface area (Å²) in [7, 11) is 0. The summed E-state index contributed by atoms with van der Waals surface area (Å²) in [5, 5.41) is 0.878. The van der Waals surface area contributed by atoms with E-state index in [1.165, 1.54) is 6.92 Å². The third-order valence-corrected chi connectivity index (χ3v) is 2.64. The van der Waals surface area contributed by atoms with Crippen LogP contribution in [-0.4, -0.2) is 21.9 Å². The van der Waals surface area contributed by atoms with Crippen LogP contribution >= 0.6 is 15.9 Å². The molecule has 98 valence electrons. The van der Waals surface area contributed by atoms with E-state index in [1.807, 2.05) is 0 Å². The van der Waals surface area contributed by atoms with Crippen LogP contribution in [0.1, 0.15) is 6.92 Å². The Morgan fingerprint density at radius 1 is 1.37 bits per heavy atom. The number of aromatic nitrogens is 2. The van der Waals surface area contributed by atoms with Gasteiger partial charge in [0, 0.05) is 17.6 Å². The predicted octanol–water partition coefficient (Wildman–Crippen LogP) is 1.33. The van der Waals surface area contributed by atoms with Crippen LogP contribution in [0.15, 0.2) is 28.9 Å². The third-order valence-electron chi connectivity index (χ3n) is 2.21. The highest BCUT2D eigenvalue weighted by Gasteiger charge is 2.15. The Balaban J connectivity index is 2.48. The number of pyridine rings is 2. The Hall–Kier alpha value is -2.22. The van der Waals surface area contributed by atoms with Crippen molar-refractivity contribution in [3.8, 4) is 0 Å². The summed E-state index contributed by atoms with van der Waals surface area (Å²) in [5.74, 6) is -0.205. The maximum absolute atomic E-state index is 11.3. The normalized spacial score (nSPS) is 10.2. The molecule has 2 aromatic heterocycles. The van der Waals surface area contributed by atoms with Crippen LogP contribution in [0.5, 0.6) is 0 Å². The fraction of sp³-hybridized carbons (Fsp3) is 0.0909. The second kappa shape index (κ2) is 5.19. The Bertz CT molecular complexity index is 661. The van der Waals surface area contributed by atoms with Crippen molar-refractivity contribution < 1.29 is 9.59 Å². The van der Waals surface area contributed by atoms with E-state index in [0.29, 0.717) is 11.0 Å². The van der Waals surface area contributed by atoms with Gasteiger partial charge in [-0.05, 0) is 34.1 Å². The molecule has 0 unspecified atom stereocenters. The van der Waals surface area contributed by atoms with Gasteiger partial charge >= 0.3 is 6.03 Å². The average molecular weight is 324 g/mol. The van der Waals surface area contributed by atoms with Gasteiger partial charge in [0.05, 0.1) is 11.0 Å². The van der Waals surface area contributed by atoms with Gasteiger partial charge in [-0.25, -0.2) is 9.78 Å². The predicted molar refractivity (Wildman–Crippen MR) is 73.1 cm³/mol. The maximum Gasteiger partial charge on any atom is 0.339 e. The quantitative estimate of drug-likeness (QED) is 0.773. The number of fused-ring (bicyclic) bond motifs is 1. The summed E-state index contributed by atoms with van der Waals surface area (Å²) >= 11 is 3.29. The molecule has 3 amide bonds. The molecule has 2 heterocycles. The highest BCUT2D eigenvalue weighted by Crippen LogP contribution is 2.19. The van der Waals surface area contributed by atoms with Gasteiger partial charge in [-0.1, -0.05) is 0 Å². The fourth-order valence-corrected chi connectivity index (χ4v) is 1.80. The first-order chi connectivity index (χ1) is 8.97. The summed E-state index contributed by atoms with van der Waals surface area (Å²) in [6.07, 6.45) is 1.64. The van der Waals surface area contributed by atoms with E-state index < -0.39 is 11.9 Å². The second-order valence-corrected chi connectivity index (χ2v) is 4.62. The molecule has 2 rings (SSSR count). The van der Waals surface area contributed by atoms with Gasteiger partial charge in [0.1, 0.15) is 0 Å². The van der Waals surface area contributed by atoms with Gasteiger partial charge in [-0.15, -0.1) is 0 Å². The van der Waals surface area contributed by atoms with E-state index in [-0.39, 0.29) is 5.82 Å². The van der Waals surface area contributed by atoms with E-state index in [4.69, 9.17) is 5.73 Å². The molecular weight excluding hydrogens is 314 g/mol. The number of anilines is 1. The molecule has 2 aromatic rings. The van der Waals surface area contributed by atoms with Gasteiger partial charge in [-0.3, -0.25) is 15.2 Å².